The summed E-state index contributed by atoms with van der Waals surface area (Å²) in [5, 5.41) is 14.6. The van der Waals surface area contributed by atoms with E-state index in [1.165, 1.54) is 21.6 Å². The average molecular weight is 1130 g/mol. The quantitative estimate of drug-likeness (QED) is 0.136. The SMILES string of the molecule is CC(C)(C)c1ccc(Sc2ccc(C3(c4ccc(C#N)cc4)c4cc(N(c5ccccc5)c5ccc(C(C)(C)C)cc5)c5c(oc6ccccc65)c4-c4c3cc(N(c3ccccc3)c3ccc(C(C)(C)C)cc3)c3oc5ccccc5c43)cc2)cc1. The summed E-state index contributed by atoms with van der Waals surface area (Å²) in [6.45, 7) is 20.4. The molecule has 0 radical (unpaired) electrons. The third-order valence-corrected chi connectivity index (χ3v) is 18.5. The summed E-state index contributed by atoms with van der Waals surface area (Å²) < 4.78 is 15.0. The zero-order valence-corrected chi connectivity index (χ0v) is 51.0. The van der Waals surface area contributed by atoms with Gasteiger partial charge in [0.25, 0.3) is 0 Å². The molecule has 1 aliphatic rings. The van der Waals surface area contributed by atoms with Gasteiger partial charge < -0.3 is 18.6 Å². The standard InChI is InChI=1S/C80H67N3O2S/c1-77(2,3)52-32-40-59(41-33-52)82(57-20-12-10-13-21-57)67-48-66-74(76-71(67)63-24-16-18-26-69(63)85-76)73-65(80(66,55-30-28-51(50-81)29-31-55)56-38-46-62(47-39-56)86-61-44-36-54(37-45-61)79(7,8)9)49-68(75-72(73)64-25-17-19-27-70(64)84-75)83(58-22-14-11-15-23-58)60-42-34-53(35-43-60)78(4,5)6/h10-49H,1-9H3. The molecule has 1 unspecified atom stereocenters. The first-order valence-electron chi connectivity index (χ1n) is 29.8. The van der Waals surface area contributed by atoms with Gasteiger partial charge in [0.05, 0.1) is 33.8 Å². The molecule has 0 saturated heterocycles. The molecule has 11 aromatic carbocycles. The molecule has 6 heteroatoms. The minimum atomic E-state index is -1.05. The highest BCUT2D eigenvalue weighted by atomic mass is 32.2. The lowest BCUT2D eigenvalue weighted by Gasteiger charge is -2.36. The van der Waals surface area contributed by atoms with Gasteiger partial charge in [-0.2, -0.15) is 5.26 Å². The van der Waals surface area contributed by atoms with Crippen LogP contribution in [0.1, 0.15) is 107 Å². The topological polar surface area (TPSA) is 56.6 Å². The highest BCUT2D eigenvalue weighted by molar-refractivity contribution is 7.99. The van der Waals surface area contributed by atoms with E-state index in [9.17, 15) is 5.26 Å². The van der Waals surface area contributed by atoms with Crippen molar-refractivity contribution in [3.8, 4) is 17.2 Å². The molecule has 2 heterocycles. The molecular weight excluding hydrogens is 1070 g/mol. The largest absolute Gasteiger partial charge is 0.455 e. The molecule has 13 aromatic rings. The van der Waals surface area contributed by atoms with Gasteiger partial charge in [0.2, 0.25) is 0 Å². The van der Waals surface area contributed by atoms with Crippen LogP contribution in [0, 0.1) is 11.3 Å². The normalized spacial score (nSPS) is 14.2. The van der Waals surface area contributed by atoms with Crippen molar-refractivity contribution in [1.82, 2.24) is 0 Å². The number of para-hydroxylation sites is 4. The molecule has 5 nitrogen and oxygen atoms in total. The van der Waals surface area contributed by atoms with Crippen LogP contribution in [-0.2, 0) is 21.7 Å². The monoisotopic (exact) mass is 1130 g/mol. The molecule has 1 atom stereocenters. The van der Waals surface area contributed by atoms with E-state index in [0.717, 1.165) is 116 Å². The summed E-state index contributed by atoms with van der Waals surface area (Å²) in [5.74, 6) is 0. The zero-order chi connectivity index (χ0) is 59.3. The van der Waals surface area contributed by atoms with Crippen molar-refractivity contribution >= 4 is 89.8 Å². The summed E-state index contributed by atoms with van der Waals surface area (Å²) in [6, 6.07) is 90.4. The molecule has 1 aliphatic carbocycles. The first-order valence-corrected chi connectivity index (χ1v) is 30.6. The van der Waals surface area contributed by atoms with E-state index in [2.05, 4.69) is 309 Å². The number of fused-ring (bicyclic) bond motifs is 11. The Labute approximate surface area is 508 Å². The van der Waals surface area contributed by atoms with Crippen LogP contribution < -0.4 is 9.80 Å². The maximum atomic E-state index is 10.5. The maximum absolute atomic E-state index is 10.5. The second-order valence-electron chi connectivity index (χ2n) is 26.0. The van der Waals surface area contributed by atoms with Crippen molar-refractivity contribution < 1.29 is 8.83 Å². The molecule has 86 heavy (non-hydrogen) atoms. The lowest BCUT2D eigenvalue weighted by molar-refractivity contribution is 0.589. The number of nitriles is 1. The van der Waals surface area contributed by atoms with Gasteiger partial charge in [-0.1, -0.05) is 208 Å². The van der Waals surface area contributed by atoms with Crippen molar-refractivity contribution in [2.75, 3.05) is 9.80 Å². The highest BCUT2D eigenvalue weighted by Gasteiger charge is 2.51. The number of anilines is 6. The van der Waals surface area contributed by atoms with E-state index >= 15 is 0 Å². The molecule has 0 bridgehead atoms. The van der Waals surface area contributed by atoms with Crippen LogP contribution in [-0.4, -0.2) is 0 Å². The van der Waals surface area contributed by atoms with E-state index in [1.54, 1.807) is 11.8 Å². The second-order valence-corrected chi connectivity index (χ2v) is 27.2. The van der Waals surface area contributed by atoms with Gasteiger partial charge in [-0.05, 0) is 164 Å². The molecular formula is C80H67N3O2S. The minimum absolute atomic E-state index is 0.0461. The Morgan fingerprint density at radius 1 is 0.384 bits per heavy atom. The van der Waals surface area contributed by atoms with Crippen LogP contribution >= 0.6 is 11.8 Å². The Morgan fingerprint density at radius 2 is 0.767 bits per heavy atom. The maximum Gasteiger partial charge on any atom is 0.160 e. The van der Waals surface area contributed by atoms with Gasteiger partial charge in [0, 0.05) is 59.8 Å². The number of rotatable bonds is 10. The van der Waals surface area contributed by atoms with Crippen LogP contribution in [0.25, 0.3) is 55.0 Å². The van der Waals surface area contributed by atoms with Gasteiger partial charge in [-0.3, -0.25) is 0 Å². The summed E-state index contributed by atoms with van der Waals surface area (Å²) in [6.07, 6.45) is 0. The fourth-order valence-corrected chi connectivity index (χ4v) is 13.9. The van der Waals surface area contributed by atoms with Crippen LogP contribution in [0.4, 0.5) is 34.1 Å². The first-order chi connectivity index (χ1) is 41.5. The smallest absolute Gasteiger partial charge is 0.160 e. The van der Waals surface area contributed by atoms with Crippen LogP contribution in [0.2, 0.25) is 0 Å². The highest BCUT2D eigenvalue weighted by Crippen LogP contribution is 2.65. The molecule has 420 valence electrons. The Morgan fingerprint density at radius 3 is 1.26 bits per heavy atom. The molecule has 0 amide bonds. The van der Waals surface area contributed by atoms with Crippen molar-refractivity contribution in [3.63, 3.8) is 0 Å². The number of hydrogen-bond acceptors (Lipinski definition) is 6. The summed E-state index contributed by atoms with van der Waals surface area (Å²) in [7, 11) is 0. The Kier molecular flexibility index (Phi) is 13.0. The second kappa shape index (κ2) is 20.6. The fourth-order valence-electron chi connectivity index (χ4n) is 13.1. The van der Waals surface area contributed by atoms with Gasteiger partial charge in [-0.25, -0.2) is 0 Å². The fraction of sp³-hybridized carbons (Fsp3) is 0.163. The third kappa shape index (κ3) is 9.07. The van der Waals surface area contributed by atoms with E-state index < -0.39 is 5.41 Å². The molecule has 14 rings (SSSR count). The zero-order valence-electron chi connectivity index (χ0n) is 50.2. The van der Waals surface area contributed by atoms with Crippen molar-refractivity contribution in [2.45, 2.75) is 93.8 Å². The Balaban J connectivity index is 1.15. The Bertz CT molecular complexity index is 4750. The predicted octanol–water partition coefficient (Wildman–Crippen LogP) is 22.7. The summed E-state index contributed by atoms with van der Waals surface area (Å²) in [5.41, 5.74) is 18.5. The van der Waals surface area contributed by atoms with E-state index in [4.69, 9.17) is 8.83 Å². The van der Waals surface area contributed by atoms with Gasteiger partial charge in [0.15, 0.2) is 5.58 Å². The summed E-state index contributed by atoms with van der Waals surface area (Å²) in [4.78, 5) is 7.09. The van der Waals surface area contributed by atoms with Gasteiger partial charge in [0.1, 0.15) is 16.7 Å². The van der Waals surface area contributed by atoms with E-state index in [0.29, 0.717) is 5.56 Å². The molecule has 0 fully saturated rings. The molecule has 0 spiro atoms. The van der Waals surface area contributed by atoms with Crippen molar-refractivity contribution in [1.29, 1.82) is 5.26 Å². The van der Waals surface area contributed by atoms with E-state index in [-0.39, 0.29) is 16.2 Å². The number of nitrogens with zero attached hydrogens (tertiary/aromatic N) is 3. The van der Waals surface area contributed by atoms with Gasteiger partial charge >= 0.3 is 0 Å². The van der Waals surface area contributed by atoms with Crippen molar-refractivity contribution in [2.24, 2.45) is 0 Å². The molecule has 0 N–H and O–H groups in total. The lowest BCUT2D eigenvalue weighted by Crippen LogP contribution is -2.29. The van der Waals surface area contributed by atoms with Crippen molar-refractivity contribution in [3.05, 3.63) is 287 Å². The van der Waals surface area contributed by atoms with E-state index in [1.807, 2.05) is 12.1 Å². The Hall–Kier alpha value is -9.54. The number of benzene rings is 11. The molecule has 2 aromatic heterocycles. The molecule has 0 saturated carbocycles. The lowest BCUT2D eigenvalue weighted by atomic mass is 9.67. The first kappa shape index (κ1) is 54.4. The van der Waals surface area contributed by atoms with Crippen LogP contribution in [0.5, 0.6) is 0 Å². The molecule has 0 aliphatic heterocycles. The third-order valence-electron chi connectivity index (χ3n) is 17.5. The van der Waals surface area contributed by atoms with Gasteiger partial charge in [-0.15, -0.1) is 0 Å². The number of furan rings is 2. The van der Waals surface area contributed by atoms with Crippen LogP contribution in [0.15, 0.2) is 261 Å². The van der Waals surface area contributed by atoms with Crippen LogP contribution in [0.3, 0.4) is 0 Å². The summed E-state index contributed by atoms with van der Waals surface area (Å²) >= 11 is 1.77. The predicted molar refractivity (Wildman–Crippen MR) is 359 cm³/mol. The number of hydrogen-bond donors (Lipinski definition) is 0. The average Bonchev–Trinajstić information content (AvgIpc) is 1.50. The minimum Gasteiger partial charge on any atom is -0.455 e.